The Morgan fingerprint density at radius 1 is 1.31 bits per heavy atom. The molecular weight excluding hydrogens is 487 g/mol. The highest BCUT2D eigenvalue weighted by atomic mass is 32.2. The van der Waals surface area contributed by atoms with Crippen molar-refractivity contribution in [3.05, 3.63) is 105 Å². The summed E-state index contributed by atoms with van der Waals surface area (Å²) in [5.41, 5.74) is 1.91. The Hall–Kier alpha value is -4.25. The molecule has 9 nitrogen and oxygen atoms in total. The molecule has 1 N–H and O–H groups in total. The number of amidine groups is 1. The first-order valence-electron chi connectivity index (χ1n) is 10.8. The number of nitro benzene ring substituents is 1. The zero-order chi connectivity index (χ0) is 25.8. The van der Waals surface area contributed by atoms with Gasteiger partial charge in [-0.25, -0.2) is 14.2 Å². The number of ether oxygens (including phenoxy) is 1. The fraction of sp³-hybridized carbons (Fsp3) is 0.160. The third-order valence-corrected chi connectivity index (χ3v) is 6.31. The van der Waals surface area contributed by atoms with Gasteiger partial charge in [-0.05, 0) is 42.2 Å². The average Bonchev–Trinajstić information content (AvgIpc) is 3.24. The van der Waals surface area contributed by atoms with Crippen molar-refractivity contribution < 1.29 is 23.6 Å². The van der Waals surface area contributed by atoms with Crippen molar-refractivity contribution in [2.75, 3.05) is 11.9 Å². The largest absolute Gasteiger partial charge is 0.458 e. The summed E-state index contributed by atoms with van der Waals surface area (Å²) in [6.07, 6.45) is 1.35. The Morgan fingerprint density at radius 3 is 2.75 bits per heavy atom. The van der Waals surface area contributed by atoms with Gasteiger partial charge in [0.15, 0.2) is 5.17 Å². The Balaban J connectivity index is 1.69. The third kappa shape index (κ3) is 5.20. The zero-order valence-electron chi connectivity index (χ0n) is 19.1. The van der Waals surface area contributed by atoms with Crippen molar-refractivity contribution in [1.82, 2.24) is 4.90 Å². The minimum atomic E-state index is -0.811. The lowest BCUT2D eigenvalue weighted by atomic mass is 9.93. The van der Waals surface area contributed by atoms with E-state index in [1.54, 1.807) is 23.3 Å². The maximum atomic E-state index is 13.2. The Kier molecular flexibility index (Phi) is 7.30. The molecule has 2 aromatic carbocycles. The second-order valence-corrected chi connectivity index (χ2v) is 8.70. The molecule has 2 heterocycles. The maximum Gasteiger partial charge on any atom is 0.338 e. The predicted octanol–water partition coefficient (Wildman–Crippen LogP) is 5.07. The topological polar surface area (TPSA) is 114 Å². The number of fused-ring (bicyclic) bond motifs is 1. The van der Waals surface area contributed by atoms with E-state index in [9.17, 15) is 24.1 Å². The lowest BCUT2D eigenvalue weighted by molar-refractivity contribution is -0.384. The molecule has 1 unspecified atom stereocenters. The van der Waals surface area contributed by atoms with Crippen LogP contribution in [0.2, 0.25) is 0 Å². The summed E-state index contributed by atoms with van der Waals surface area (Å²) in [6.45, 7) is 5.20. The minimum Gasteiger partial charge on any atom is -0.458 e. The van der Waals surface area contributed by atoms with Crippen LogP contribution >= 0.6 is 11.8 Å². The average molecular weight is 509 g/mol. The molecule has 0 spiro atoms. The Bertz CT molecular complexity index is 1340. The van der Waals surface area contributed by atoms with Crippen molar-refractivity contribution in [3.63, 3.8) is 0 Å². The summed E-state index contributed by atoms with van der Waals surface area (Å²) >= 11 is 1.28. The number of esters is 1. The summed E-state index contributed by atoms with van der Waals surface area (Å²) in [5.74, 6) is -1.43. The van der Waals surface area contributed by atoms with Gasteiger partial charge in [0.1, 0.15) is 12.4 Å². The summed E-state index contributed by atoms with van der Waals surface area (Å²) in [4.78, 5) is 43.1. The van der Waals surface area contributed by atoms with Gasteiger partial charge in [-0.3, -0.25) is 14.9 Å². The van der Waals surface area contributed by atoms with E-state index < -0.39 is 22.8 Å². The first-order chi connectivity index (χ1) is 17.3. The lowest BCUT2D eigenvalue weighted by Gasteiger charge is -2.36. The summed E-state index contributed by atoms with van der Waals surface area (Å²) in [7, 11) is 0. The van der Waals surface area contributed by atoms with Gasteiger partial charge < -0.3 is 15.0 Å². The quantitative estimate of drug-likeness (QED) is 0.229. The van der Waals surface area contributed by atoms with E-state index in [1.807, 2.05) is 0 Å². The van der Waals surface area contributed by atoms with Crippen LogP contribution in [0.1, 0.15) is 24.9 Å². The second kappa shape index (κ2) is 10.6. The number of non-ortho nitro benzene ring substituents is 1. The van der Waals surface area contributed by atoms with E-state index >= 15 is 0 Å². The van der Waals surface area contributed by atoms with Crippen molar-refractivity contribution in [3.8, 4) is 0 Å². The van der Waals surface area contributed by atoms with Crippen LogP contribution in [0.25, 0.3) is 0 Å². The predicted molar refractivity (Wildman–Crippen MR) is 134 cm³/mol. The fourth-order valence-electron chi connectivity index (χ4n) is 3.87. The molecule has 184 valence electrons. The molecule has 2 aliphatic heterocycles. The molecule has 0 aromatic heterocycles. The van der Waals surface area contributed by atoms with Crippen molar-refractivity contribution >= 4 is 40.2 Å². The summed E-state index contributed by atoms with van der Waals surface area (Å²) in [5, 5.41) is 16.4. The number of rotatable bonds is 8. The van der Waals surface area contributed by atoms with Crippen molar-refractivity contribution in [2.45, 2.75) is 19.4 Å². The molecule has 4 rings (SSSR count). The van der Waals surface area contributed by atoms with E-state index in [1.165, 1.54) is 60.3 Å². The van der Waals surface area contributed by atoms with Crippen LogP contribution in [0.3, 0.4) is 0 Å². The van der Waals surface area contributed by atoms with Gasteiger partial charge in [-0.2, -0.15) is 0 Å². The number of allylic oxidation sites excluding steroid dienone is 1. The molecule has 1 amide bonds. The summed E-state index contributed by atoms with van der Waals surface area (Å²) in [6, 6.07) is 10.5. The van der Waals surface area contributed by atoms with Gasteiger partial charge in [-0.1, -0.05) is 36.5 Å². The van der Waals surface area contributed by atoms with Crippen LogP contribution < -0.4 is 5.32 Å². The van der Waals surface area contributed by atoms with Gasteiger partial charge in [0, 0.05) is 23.5 Å². The molecule has 2 aromatic rings. The normalized spacial score (nSPS) is 16.6. The minimum absolute atomic E-state index is 0.0225. The molecule has 11 heteroatoms. The van der Waals surface area contributed by atoms with Crippen LogP contribution in [0, 0.1) is 15.9 Å². The molecule has 2 aliphatic rings. The summed E-state index contributed by atoms with van der Waals surface area (Å²) < 4.78 is 18.5. The standard InChI is InChI=1S/C25H21FN4O5S/c1-3-11-35-24(32)22-15(2)27-25-29(23(22)16-5-4-6-19(12-16)30(33)34)20(14-36-25)13-21(31)28-18-9-7-17(26)8-10-18/h3-10,12,14,23H,1,11,13H2,2H3,(H,28,31). The fourth-order valence-corrected chi connectivity index (χ4v) is 4.83. The second-order valence-electron chi connectivity index (χ2n) is 7.86. The number of hydrogen-bond acceptors (Lipinski definition) is 8. The number of nitrogens with zero attached hydrogens (tertiary/aromatic N) is 3. The molecule has 0 aliphatic carbocycles. The van der Waals surface area contributed by atoms with E-state index in [0.717, 1.165) is 0 Å². The van der Waals surface area contributed by atoms with Crippen molar-refractivity contribution in [1.29, 1.82) is 0 Å². The third-order valence-electron chi connectivity index (χ3n) is 5.42. The number of thioether (sulfide) groups is 1. The molecule has 0 saturated carbocycles. The highest BCUT2D eigenvalue weighted by Crippen LogP contribution is 2.45. The highest BCUT2D eigenvalue weighted by molar-refractivity contribution is 8.16. The number of hydrogen-bond donors (Lipinski definition) is 1. The van der Waals surface area contributed by atoms with Crippen LogP contribution in [0.15, 0.2) is 88.6 Å². The molecule has 36 heavy (non-hydrogen) atoms. The Labute approximate surface area is 210 Å². The number of anilines is 1. The number of amides is 1. The molecular formula is C25H21FN4O5S. The monoisotopic (exact) mass is 508 g/mol. The SMILES string of the molecule is C=CCOC(=O)C1=C(C)N=C2SC=C(CC(=O)Nc3ccc(F)cc3)N2C1c1cccc([N+](=O)[O-])c1. The zero-order valence-corrected chi connectivity index (χ0v) is 20.0. The van der Waals surface area contributed by atoms with Crippen LogP contribution in [-0.2, 0) is 14.3 Å². The van der Waals surface area contributed by atoms with Gasteiger partial charge in [0.05, 0.1) is 28.7 Å². The van der Waals surface area contributed by atoms with E-state index in [4.69, 9.17) is 4.74 Å². The number of carbonyl (C=O) groups is 2. The molecule has 1 atom stereocenters. The van der Waals surface area contributed by atoms with Crippen LogP contribution in [0.5, 0.6) is 0 Å². The van der Waals surface area contributed by atoms with Gasteiger partial charge >= 0.3 is 5.97 Å². The van der Waals surface area contributed by atoms with Crippen LogP contribution in [-0.4, -0.2) is 33.5 Å². The molecule has 0 bridgehead atoms. The molecule has 0 radical (unpaired) electrons. The first kappa shape index (κ1) is 24.9. The lowest BCUT2D eigenvalue weighted by Crippen LogP contribution is -2.37. The number of carbonyl (C=O) groups excluding carboxylic acids is 2. The maximum absolute atomic E-state index is 13.2. The molecule has 0 saturated heterocycles. The Morgan fingerprint density at radius 2 is 2.06 bits per heavy atom. The smallest absolute Gasteiger partial charge is 0.338 e. The van der Waals surface area contributed by atoms with E-state index in [-0.39, 0.29) is 30.2 Å². The van der Waals surface area contributed by atoms with E-state index in [0.29, 0.717) is 27.8 Å². The first-order valence-corrected chi connectivity index (χ1v) is 11.7. The number of halogens is 1. The van der Waals surface area contributed by atoms with E-state index in [2.05, 4.69) is 16.9 Å². The number of nitrogens with one attached hydrogen (secondary N) is 1. The van der Waals surface area contributed by atoms with Crippen molar-refractivity contribution in [2.24, 2.45) is 4.99 Å². The van der Waals surface area contributed by atoms with Crippen LogP contribution in [0.4, 0.5) is 15.8 Å². The highest BCUT2D eigenvalue weighted by Gasteiger charge is 2.41. The number of benzene rings is 2. The van der Waals surface area contributed by atoms with Gasteiger partial charge in [0.2, 0.25) is 5.91 Å². The van der Waals surface area contributed by atoms with Gasteiger partial charge in [-0.15, -0.1) is 0 Å². The van der Waals surface area contributed by atoms with Gasteiger partial charge in [0.25, 0.3) is 5.69 Å². The number of aliphatic imine (C=N–C) groups is 1. The number of nitro groups is 1. The molecule has 0 fully saturated rings.